The van der Waals surface area contributed by atoms with Crippen LogP contribution in [0.15, 0.2) is 66.7 Å². The molecule has 0 unspecified atom stereocenters. The number of aliphatic hydroxyl groups excluding tert-OH is 1. The van der Waals surface area contributed by atoms with E-state index in [1.807, 2.05) is 13.8 Å². The third-order valence-corrected chi connectivity index (χ3v) is 8.55. The molecular weight excluding hydrogens is 645 g/mol. The number of hydrogen-bond donors (Lipinski definition) is 4. The van der Waals surface area contributed by atoms with Crippen molar-refractivity contribution in [1.82, 2.24) is 9.80 Å². The van der Waals surface area contributed by atoms with Crippen LogP contribution in [0.4, 0.5) is 31.0 Å². The Morgan fingerprint density at radius 3 is 2.32 bits per heavy atom. The molecule has 0 radical (unpaired) electrons. The van der Waals surface area contributed by atoms with Crippen LogP contribution in [0.5, 0.6) is 11.5 Å². The second kappa shape index (κ2) is 18.2. The van der Waals surface area contributed by atoms with Crippen LogP contribution in [0.1, 0.15) is 50.4 Å². The number of ether oxygens (including phenoxy) is 3. The van der Waals surface area contributed by atoms with E-state index in [9.17, 15) is 23.9 Å². The Kier molecular flexibility index (Phi) is 13.8. The molecule has 0 saturated heterocycles. The number of benzene rings is 3. The summed E-state index contributed by atoms with van der Waals surface area (Å²) in [4.78, 5) is 43.4. The van der Waals surface area contributed by atoms with E-state index >= 15 is 0 Å². The maximum Gasteiger partial charge on any atom is 0.323 e. The first-order valence-electron chi connectivity index (χ1n) is 16.8. The second-order valence-electron chi connectivity index (χ2n) is 12.6. The smallest absolute Gasteiger partial charge is 0.323 e. The van der Waals surface area contributed by atoms with Gasteiger partial charge in [0, 0.05) is 49.7 Å². The minimum absolute atomic E-state index is 0.205. The van der Waals surface area contributed by atoms with Crippen LogP contribution >= 0.6 is 0 Å². The largest absolute Gasteiger partial charge is 0.497 e. The lowest BCUT2D eigenvalue weighted by molar-refractivity contribution is -0.0115. The number of hydrogen-bond acceptors (Lipinski definition) is 7. The number of fused-ring (bicyclic) bond motifs is 1. The van der Waals surface area contributed by atoms with Gasteiger partial charge in [-0.25, -0.2) is 14.0 Å². The molecule has 0 bridgehead atoms. The summed E-state index contributed by atoms with van der Waals surface area (Å²) in [6.07, 6.45) is 1.64. The molecule has 270 valence electrons. The van der Waals surface area contributed by atoms with Crippen molar-refractivity contribution in [2.75, 3.05) is 56.4 Å². The number of rotatable bonds is 8. The maximum absolute atomic E-state index is 14.4. The van der Waals surface area contributed by atoms with E-state index in [0.29, 0.717) is 41.6 Å². The molecule has 50 heavy (non-hydrogen) atoms. The predicted octanol–water partition coefficient (Wildman–Crippen LogP) is 6.44. The fourth-order valence-corrected chi connectivity index (χ4v) is 5.54. The molecule has 1 aliphatic heterocycles. The average Bonchev–Trinajstić information content (AvgIpc) is 3.10. The number of nitrogens with one attached hydrogen (secondary N) is 3. The summed E-state index contributed by atoms with van der Waals surface area (Å²) in [6.45, 7) is 6.26. The van der Waals surface area contributed by atoms with Crippen LogP contribution < -0.4 is 25.4 Å². The van der Waals surface area contributed by atoms with Crippen LogP contribution in [-0.2, 0) is 4.74 Å². The van der Waals surface area contributed by atoms with E-state index in [2.05, 4.69) is 16.0 Å². The topological polar surface area (TPSA) is 142 Å². The number of methoxy groups -OCH3 is 1. The van der Waals surface area contributed by atoms with E-state index in [-0.39, 0.29) is 43.3 Å². The van der Waals surface area contributed by atoms with Crippen LogP contribution in [0.3, 0.4) is 0 Å². The third kappa shape index (κ3) is 10.8. The lowest BCUT2D eigenvalue weighted by atomic mass is 10.0. The summed E-state index contributed by atoms with van der Waals surface area (Å²) < 4.78 is 31.1. The predicted molar refractivity (Wildman–Crippen MR) is 191 cm³/mol. The first-order chi connectivity index (χ1) is 24.0. The lowest BCUT2D eigenvalue weighted by Crippen LogP contribution is -2.48. The van der Waals surface area contributed by atoms with Gasteiger partial charge in [-0.15, -0.1) is 0 Å². The molecule has 4 rings (SSSR count). The van der Waals surface area contributed by atoms with Gasteiger partial charge in [-0.3, -0.25) is 4.79 Å². The van der Waals surface area contributed by atoms with Gasteiger partial charge < -0.3 is 45.1 Å². The van der Waals surface area contributed by atoms with Crippen LogP contribution in [-0.4, -0.2) is 91.6 Å². The SMILES string of the molecule is COc1ccc(NC(=O)N(C)C[C@@H]2OCCCC[C@H](C)Oc3ccc(NC(=O)Nc4ccc(F)cc4)cc3C(=O)N([C@H](C)CO)C[C@@H]2C)cc1. The Labute approximate surface area is 292 Å². The Balaban J connectivity index is 1.56. The monoisotopic (exact) mass is 693 g/mol. The molecule has 4 atom stereocenters. The Bertz CT molecular complexity index is 1570. The molecule has 13 heteroatoms. The molecule has 4 N–H and O–H groups in total. The van der Waals surface area contributed by atoms with Crippen molar-refractivity contribution < 1.29 is 38.1 Å². The zero-order valence-electron chi connectivity index (χ0n) is 29.3. The summed E-state index contributed by atoms with van der Waals surface area (Å²) in [7, 11) is 3.27. The number of halogens is 1. The number of carbonyl (C=O) groups is 3. The van der Waals surface area contributed by atoms with E-state index < -0.39 is 29.9 Å². The van der Waals surface area contributed by atoms with Gasteiger partial charge in [0.1, 0.15) is 17.3 Å². The number of urea groups is 2. The maximum atomic E-state index is 14.4. The minimum Gasteiger partial charge on any atom is -0.497 e. The fraction of sp³-hybridized carbons (Fsp3) is 0.432. The quantitative estimate of drug-likeness (QED) is 0.213. The summed E-state index contributed by atoms with van der Waals surface area (Å²) >= 11 is 0. The molecule has 0 aliphatic carbocycles. The van der Waals surface area contributed by atoms with E-state index in [1.54, 1.807) is 73.3 Å². The van der Waals surface area contributed by atoms with Crippen molar-refractivity contribution >= 4 is 35.0 Å². The number of aliphatic hydroxyl groups is 1. The first kappa shape index (κ1) is 37.9. The lowest BCUT2D eigenvalue weighted by Gasteiger charge is -2.35. The molecule has 12 nitrogen and oxygen atoms in total. The molecule has 3 aromatic carbocycles. The Hall–Kier alpha value is -4.88. The van der Waals surface area contributed by atoms with Gasteiger partial charge in [0.15, 0.2) is 0 Å². The molecule has 3 aromatic rings. The molecular formula is C37H48FN5O7. The highest BCUT2D eigenvalue weighted by Gasteiger charge is 2.31. The van der Waals surface area contributed by atoms with Crippen molar-refractivity contribution in [3.63, 3.8) is 0 Å². The highest BCUT2D eigenvalue weighted by atomic mass is 19.1. The summed E-state index contributed by atoms with van der Waals surface area (Å²) in [5, 5.41) is 18.5. The number of amides is 5. The molecule has 5 amide bonds. The highest BCUT2D eigenvalue weighted by molar-refractivity contribution is 6.02. The standard InChI is InChI=1S/C37H48FN5O7/c1-24-21-43(25(2)23-44)35(45)32-20-30(40-36(46)39-28-11-9-27(38)10-12-28)15-18-33(32)50-26(3)8-6-7-19-49-34(24)22-42(4)37(47)41-29-13-16-31(48-5)17-14-29/h9-18,20,24-26,34,44H,6-8,19,21-23H2,1-5H3,(H,41,47)(H2,39,40,46)/t24-,25+,26-,34-/m0/s1. The summed E-state index contributed by atoms with van der Waals surface area (Å²) in [5.41, 5.74) is 1.57. The van der Waals surface area contributed by atoms with E-state index in [0.717, 1.165) is 12.8 Å². The normalized spacial score (nSPS) is 19.2. The zero-order valence-corrected chi connectivity index (χ0v) is 29.3. The average molecular weight is 694 g/mol. The van der Waals surface area contributed by atoms with Gasteiger partial charge in [-0.2, -0.15) is 0 Å². The van der Waals surface area contributed by atoms with Crippen LogP contribution in [0.2, 0.25) is 0 Å². The summed E-state index contributed by atoms with van der Waals surface area (Å²) in [5.74, 6) is -0.0404. The zero-order chi connectivity index (χ0) is 36.2. The number of anilines is 3. The Morgan fingerprint density at radius 2 is 1.64 bits per heavy atom. The Morgan fingerprint density at radius 1 is 1.00 bits per heavy atom. The first-order valence-corrected chi connectivity index (χ1v) is 16.8. The summed E-state index contributed by atoms with van der Waals surface area (Å²) in [6, 6.07) is 15.8. The van der Waals surface area contributed by atoms with Crippen LogP contribution in [0.25, 0.3) is 0 Å². The molecule has 1 aliphatic rings. The van der Waals surface area contributed by atoms with Gasteiger partial charge in [0.2, 0.25) is 0 Å². The highest BCUT2D eigenvalue weighted by Crippen LogP contribution is 2.29. The van der Waals surface area contributed by atoms with Gasteiger partial charge in [-0.1, -0.05) is 6.92 Å². The van der Waals surface area contributed by atoms with E-state index in [1.165, 1.54) is 24.3 Å². The molecule has 0 saturated carbocycles. The van der Waals surface area contributed by atoms with Gasteiger partial charge in [0.05, 0.1) is 37.5 Å². The fourth-order valence-electron chi connectivity index (χ4n) is 5.54. The van der Waals surface area contributed by atoms with Gasteiger partial charge in [0.25, 0.3) is 5.91 Å². The number of nitrogens with zero attached hydrogens (tertiary/aromatic N) is 2. The second-order valence-corrected chi connectivity index (χ2v) is 12.6. The van der Waals surface area contributed by atoms with Crippen molar-refractivity contribution in [2.24, 2.45) is 5.92 Å². The minimum atomic E-state index is -0.575. The molecule has 1 heterocycles. The molecule has 0 spiro atoms. The number of carbonyl (C=O) groups excluding carboxylic acids is 3. The van der Waals surface area contributed by atoms with Crippen molar-refractivity contribution in [1.29, 1.82) is 0 Å². The van der Waals surface area contributed by atoms with Gasteiger partial charge >= 0.3 is 12.1 Å². The van der Waals surface area contributed by atoms with Crippen molar-refractivity contribution in [3.8, 4) is 11.5 Å². The van der Waals surface area contributed by atoms with Crippen molar-refractivity contribution in [3.05, 3.63) is 78.1 Å². The van der Waals surface area contributed by atoms with Crippen LogP contribution in [0, 0.1) is 11.7 Å². The van der Waals surface area contributed by atoms with Gasteiger partial charge in [-0.05, 0) is 99.8 Å². The number of likely N-dealkylation sites (N-methyl/N-ethyl adjacent to an activating group) is 1. The molecule has 0 fully saturated rings. The van der Waals surface area contributed by atoms with Crippen molar-refractivity contribution in [2.45, 2.75) is 58.3 Å². The van der Waals surface area contributed by atoms with E-state index in [4.69, 9.17) is 14.2 Å². The third-order valence-electron chi connectivity index (χ3n) is 8.55. The molecule has 0 aromatic heterocycles.